The lowest BCUT2D eigenvalue weighted by Crippen LogP contribution is -2.48. The average Bonchev–Trinajstić information content (AvgIpc) is 2.64. The van der Waals surface area contributed by atoms with Crippen molar-refractivity contribution in [3.05, 3.63) is 71.0 Å². The molecule has 0 radical (unpaired) electrons. The molecule has 0 aliphatic rings. The SMILES string of the molecule is Cc1cccc(CC(=O)N(Cc2ccccc2F)[C@@H](C)C(=O)NCC(C)C)c1. The van der Waals surface area contributed by atoms with Crippen molar-refractivity contribution >= 4 is 11.8 Å². The second-order valence-corrected chi connectivity index (χ2v) is 7.59. The predicted octanol–water partition coefficient (Wildman–Crippen LogP) is 3.87. The quantitative estimate of drug-likeness (QED) is 0.751. The van der Waals surface area contributed by atoms with Gasteiger partial charge in [0.05, 0.1) is 6.42 Å². The highest BCUT2D eigenvalue weighted by atomic mass is 19.1. The smallest absolute Gasteiger partial charge is 0.242 e. The van der Waals surface area contributed by atoms with E-state index in [1.54, 1.807) is 25.1 Å². The predicted molar refractivity (Wildman–Crippen MR) is 109 cm³/mol. The van der Waals surface area contributed by atoms with Gasteiger partial charge in [-0.25, -0.2) is 4.39 Å². The Morgan fingerprint density at radius 2 is 1.79 bits per heavy atom. The maximum absolute atomic E-state index is 14.2. The molecule has 0 fully saturated rings. The fourth-order valence-electron chi connectivity index (χ4n) is 2.94. The molecule has 2 amide bonds. The normalized spacial score (nSPS) is 11.9. The molecule has 4 nitrogen and oxygen atoms in total. The molecular formula is C23H29FN2O2. The summed E-state index contributed by atoms with van der Waals surface area (Å²) in [7, 11) is 0. The Balaban J connectivity index is 2.22. The summed E-state index contributed by atoms with van der Waals surface area (Å²) < 4.78 is 14.2. The van der Waals surface area contributed by atoms with E-state index in [-0.39, 0.29) is 30.6 Å². The topological polar surface area (TPSA) is 49.4 Å². The fourth-order valence-corrected chi connectivity index (χ4v) is 2.94. The lowest BCUT2D eigenvalue weighted by molar-refractivity contribution is -0.140. The summed E-state index contributed by atoms with van der Waals surface area (Å²) in [4.78, 5) is 27.1. The second kappa shape index (κ2) is 10.0. The lowest BCUT2D eigenvalue weighted by atomic mass is 10.1. The van der Waals surface area contributed by atoms with Gasteiger partial charge in [-0.2, -0.15) is 0 Å². The van der Waals surface area contributed by atoms with Crippen molar-refractivity contribution in [2.45, 2.75) is 46.7 Å². The molecule has 1 N–H and O–H groups in total. The minimum Gasteiger partial charge on any atom is -0.354 e. The van der Waals surface area contributed by atoms with Crippen molar-refractivity contribution in [2.75, 3.05) is 6.54 Å². The van der Waals surface area contributed by atoms with Crippen LogP contribution in [0, 0.1) is 18.7 Å². The van der Waals surface area contributed by atoms with Crippen LogP contribution in [-0.4, -0.2) is 29.3 Å². The molecule has 2 aromatic rings. The zero-order valence-corrected chi connectivity index (χ0v) is 17.0. The summed E-state index contributed by atoms with van der Waals surface area (Å²) in [5.74, 6) is -0.520. The first-order valence-corrected chi connectivity index (χ1v) is 9.64. The van der Waals surface area contributed by atoms with Gasteiger partial charge in [-0.15, -0.1) is 0 Å². The van der Waals surface area contributed by atoms with Gasteiger partial charge >= 0.3 is 0 Å². The molecule has 0 spiro atoms. The molecule has 28 heavy (non-hydrogen) atoms. The number of hydrogen-bond donors (Lipinski definition) is 1. The van der Waals surface area contributed by atoms with E-state index in [1.165, 1.54) is 11.0 Å². The molecule has 2 aromatic carbocycles. The number of carbonyl (C=O) groups excluding carboxylic acids is 2. The summed E-state index contributed by atoms with van der Waals surface area (Å²) >= 11 is 0. The van der Waals surface area contributed by atoms with Gasteiger partial charge in [0.25, 0.3) is 0 Å². The van der Waals surface area contributed by atoms with E-state index in [2.05, 4.69) is 5.32 Å². The third kappa shape index (κ3) is 6.19. The summed E-state index contributed by atoms with van der Waals surface area (Å²) in [5, 5.41) is 2.86. The highest BCUT2D eigenvalue weighted by Crippen LogP contribution is 2.15. The number of aryl methyl sites for hydroxylation is 1. The van der Waals surface area contributed by atoms with E-state index >= 15 is 0 Å². The van der Waals surface area contributed by atoms with Crippen molar-refractivity contribution < 1.29 is 14.0 Å². The molecule has 1 atom stereocenters. The van der Waals surface area contributed by atoms with E-state index in [0.29, 0.717) is 18.0 Å². The van der Waals surface area contributed by atoms with E-state index < -0.39 is 6.04 Å². The van der Waals surface area contributed by atoms with Gasteiger partial charge in [0.1, 0.15) is 11.9 Å². The highest BCUT2D eigenvalue weighted by molar-refractivity contribution is 5.88. The first-order valence-electron chi connectivity index (χ1n) is 9.64. The number of nitrogens with one attached hydrogen (secondary N) is 1. The first kappa shape index (κ1) is 21.6. The Hall–Kier alpha value is -2.69. The van der Waals surface area contributed by atoms with Crippen molar-refractivity contribution in [3.63, 3.8) is 0 Å². The van der Waals surface area contributed by atoms with Gasteiger partial charge in [-0.1, -0.05) is 61.9 Å². The van der Waals surface area contributed by atoms with Crippen LogP contribution in [0.4, 0.5) is 4.39 Å². The molecule has 0 unspecified atom stereocenters. The summed E-state index contributed by atoms with van der Waals surface area (Å²) in [5.41, 5.74) is 2.33. The Morgan fingerprint density at radius 1 is 1.07 bits per heavy atom. The number of carbonyl (C=O) groups is 2. The number of rotatable bonds is 8. The van der Waals surface area contributed by atoms with Crippen molar-refractivity contribution in [1.29, 1.82) is 0 Å². The molecule has 0 aromatic heterocycles. The van der Waals surface area contributed by atoms with Crippen LogP contribution >= 0.6 is 0 Å². The van der Waals surface area contributed by atoms with E-state index in [0.717, 1.165) is 11.1 Å². The fraction of sp³-hybridized carbons (Fsp3) is 0.391. The molecule has 0 saturated carbocycles. The lowest BCUT2D eigenvalue weighted by Gasteiger charge is -2.29. The molecule has 0 aliphatic carbocycles. The van der Waals surface area contributed by atoms with Crippen molar-refractivity contribution in [1.82, 2.24) is 10.2 Å². The Labute approximate surface area is 166 Å². The van der Waals surface area contributed by atoms with Crippen LogP contribution in [0.25, 0.3) is 0 Å². The van der Waals surface area contributed by atoms with Crippen molar-refractivity contribution in [2.24, 2.45) is 5.92 Å². The van der Waals surface area contributed by atoms with Crippen molar-refractivity contribution in [3.8, 4) is 0 Å². The van der Waals surface area contributed by atoms with E-state index in [4.69, 9.17) is 0 Å². The molecule has 0 bridgehead atoms. The summed E-state index contributed by atoms with van der Waals surface area (Å²) in [6.07, 6.45) is 0.165. The summed E-state index contributed by atoms with van der Waals surface area (Å²) in [6.45, 7) is 8.24. The Bertz CT molecular complexity index is 820. The van der Waals surface area contributed by atoms with E-state index in [1.807, 2.05) is 45.0 Å². The maximum atomic E-state index is 14.2. The molecule has 0 saturated heterocycles. The van der Waals surface area contributed by atoms with E-state index in [9.17, 15) is 14.0 Å². The van der Waals surface area contributed by atoms with Crippen LogP contribution in [0.2, 0.25) is 0 Å². The van der Waals surface area contributed by atoms with Crippen LogP contribution < -0.4 is 5.32 Å². The standard InChI is InChI=1S/C23H29FN2O2/c1-16(2)14-25-23(28)18(4)26(15-20-10-5-6-11-21(20)24)22(27)13-19-9-7-8-17(3)12-19/h5-12,16,18H,13-15H2,1-4H3,(H,25,28)/t18-/m0/s1. The minimum absolute atomic E-state index is 0.0492. The Morgan fingerprint density at radius 3 is 2.43 bits per heavy atom. The van der Waals surface area contributed by atoms with Crippen LogP contribution in [0.1, 0.15) is 37.5 Å². The Kier molecular flexibility index (Phi) is 7.73. The van der Waals surface area contributed by atoms with Gasteiger partial charge < -0.3 is 10.2 Å². The largest absolute Gasteiger partial charge is 0.354 e. The highest BCUT2D eigenvalue weighted by Gasteiger charge is 2.27. The molecule has 5 heteroatoms. The zero-order valence-electron chi connectivity index (χ0n) is 17.0. The monoisotopic (exact) mass is 384 g/mol. The summed E-state index contributed by atoms with van der Waals surface area (Å²) in [6, 6.07) is 13.3. The molecule has 2 rings (SSSR count). The number of halogens is 1. The number of amides is 2. The first-order chi connectivity index (χ1) is 13.3. The van der Waals surface area contributed by atoms with Gasteiger partial charge in [0, 0.05) is 18.7 Å². The minimum atomic E-state index is -0.698. The molecular weight excluding hydrogens is 355 g/mol. The zero-order chi connectivity index (χ0) is 20.7. The maximum Gasteiger partial charge on any atom is 0.242 e. The van der Waals surface area contributed by atoms with Crippen LogP contribution in [0.3, 0.4) is 0 Å². The van der Waals surface area contributed by atoms with Gasteiger partial charge in [0.2, 0.25) is 11.8 Å². The van der Waals surface area contributed by atoms with Crippen LogP contribution in [0.5, 0.6) is 0 Å². The third-order valence-electron chi connectivity index (χ3n) is 4.59. The van der Waals surface area contributed by atoms with Crippen LogP contribution in [-0.2, 0) is 22.6 Å². The number of hydrogen-bond acceptors (Lipinski definition) is 2. The molecule has 0 heterocycles. The van der Waals surface area contributed by atoms with Gasteiger partial charge in [-0.05, 0) is 31.4 Å². The molecule has 150 valence electrons. The van der Waals surface area contributed by atoms with Crippen LogP contribution in [0.15, 0.2) is 48.5 Å². The van der Waals surface area contributed by atoms with Gasteiger partial charge in [0.15, 0.2) is 0 Å². The number of benzene rings is 2. The average molecular weight is 384 g/mol. The van der Waals surface area contributed by atoms with Gasteiger partial charge in [-0.3, -0.25) is 9.59 Å². The molecule has 0 aliphatic heterocycles. The second-order valence-electron chi connectivity index (χ2n) is 7.59. The number of nitrogens with zero attached hydrogens (tertiary/aromatic N) is 1. The third-order valence-corrected chi connectivity index (χ3v) is 4.59.